The number of thiophene rings is 1. The van der Waals surface area contributed by atoms with Gasteiger partial charge in [-0.2, -0.15) is 0 Å². The van der Waals surface area contributed by atoms with Gasteiger partial charge in [-0.25, -0.2) is 0 Å². The minimum absolute atomic E-state index is 0.0193. The molecule has 0 N–H and O–H groups in total. The van der Waals surface area contributed by atoms with Gasteiger partial charge in [0.2, 0.25) is 5.91 Å². The summed E-state index contributed by atoms with van der Waals surface area (Å²) < 4.78 is 0. The van der Waals surface area contributed by atoms with E-state index in [1.54, 1.807) is 11.3 Å². The van der Waals surface area contributed by atoms with Crippen molar-refractivity contribution in [1.82, 2.24) is 4.90 Å². The molecule has 14 heavy (non-hydrogen) atoms. The lowest BCUT2D eigenvalue weighted by Gasteiger charge is -2.14. The number of hydrogen-bond donors (Lipinski definition) is 0. The quantitative estimate of drug-likeness (QED) is 0.728. The average molecular weight is 230 g/mol. The van der Waals surface area contributed by atoms with Crippen LogP contribution < -0.4 is 0 Å². The summed E-state index contributed by atoms with van der Waals surface area (Å²) in [6, 6.07) is 4.14. The predicted molar refractivity (Wildman–Crippen MR) is 58.9 cm³/mol. The van der Waals surface area contributed by atoms with Crippen molar-refractivity contribution in [1.29, 1.82) is 0 Å². The molecule has 1 aliphatic heterocycles. The van der Waals surface area contributed by atoms with E-state index in [1.807, 2.05) is 11.0 Å². The lowest BCUT2D eigenvalue weighted by atomic mass is 10.3. The van der Waals surface area contributed by atoms with Crippen molar-refractivity contribution in [3.05, 3.63) is 22.4 Å². The van der Waals surface area contributed by atoms with Crippen LogP contribution in [-0.2, 0) is 11.2 Å². The molecule has 2 nitrogen and oxygen atoms in total. The van der Waals surface area contributed by atoms with Crippen LogP contribution in [0.15, 0.2) is 17.5 Å². The number of rotatable bonds is 3. The van der Waals surface area contributed by atoms with E-state index in [4.69, 9.17) is 11.6 Å². The number of likely N-dealkylation sites (tertiary alicyclic amines) is 1. The molecule has 0 saturated carbocycles. The van der Waals surface area contributed by atoms with Gasteiger partial charge in [-0.3, -0.25) is 4.79 Å². The third-order valence-corrected chi connectivity index (χ3v) is 3.60. The van der Waals surface area contributed by atoms with Gasteiger partial charge in [-0.05, 0) is 17.9 Å². The maximum Gasteiger partial charge on any atom is 0.224 e. The maximum atomic E-state index is 11.4. The van der Waals surface area contributed by atoms with E-state index in [1.165, 1.54) is 4.88 Å². The maximum absolute atomic E-state index is 11.4. The molecule has 76 valence electrons. The Morgan fingerprint density at radius 1 is 1.64 bits per heavy atom. The van der Waals surface area contributed by atoms with E-state index in [2.05, 4.69) is 11.4 Å². The van der Waals surface area contributed by atoms with Gasteiger partial charge in [-0.1, -0.05) is 6.07 Å². The predicted octanol–water partition coefficient (Wildman–Crippen LogP) is 2.13. The fourth-order valence-electron chi connectivity index (χ4n) is 1.64. The van der Waals surface area contributed by atoms with E-state index in [0.29, 0.717) is 13.0 Å². The van der Waals surface area contributed by atoms with E-state index in [0.717, 1.165) is 13.0 Å². The lowest BCUT2D eigenvalue weighted by molar-refractivity contribution is -0.127. The summed E-state index contributed by atoms with van der Waals surface area (Å²) in [6.45, 7) is 1.52. The smallest absolute Gasteiger partial charge is 0.224 e. The van der Waals surface area contributed by atoms with Gasteiger partial charge in [0.15, 0.2) is 0 Å². The molecule has 1 saturated heterocycles. The van der Waals surface area contributed by atoms with Crippen LogP contribution in [0.5, 0.6) is 0 Å². The summed E-state index contributed by atoms with van der Waals surface area (Å²) in [6.07, 6.45) is 1.46. The second kappa shape index (κ2) is 4.32. The molecule has 0 aromatic carbocycles. The van der Waals surface area contributed by atoms with Crippen LogP contribution in [0.1, 0.15) is 11.3 Å². The lowest BCUT2D eigenvalue weighted by Crippen LogP contribution is -2.27. The van der Waals surface area contributed by atoms with E-state index in [9.17, 15) is 4.79 Å². The van der Waals surface area contributed by atoms with Crippen molar-refractivity contribution in [3.63, 3.8) is 0 Å². The van der Waals surface area contributed by atoms with Gasteiger partial charge in [0.1, 0.15) is 0 Å². The highest BCUT2D eigenvalue weighted by molar-refractivity contribution is 7.09. The normalized spacial score (nSPS) is 21.9. The standard InChI is InChI=1S/C10H12ClNOS/c11-8-6-10(13)12(7-8)4-3-9-2-1-5-14-9/h1-2,5,8H,3-4,6-7H2. The minimum Gasteiger partial charge on any atom is -0.341 e. The monoisotopic (exact) mass is 229 g/mol. The minimum atomic E-state index is 0.0193. The Kier molecular flexibility index (Phi) is 3.08. The summed E-state index contributed by atoms with van der Waals surface area (Å²) in [4.78, 5) is 14.6. The average Bonchev–Trinajstić information content (AvgIpc) is 2.72. The second-order valence-corrected chi connectivity index (χ2v) is 5.12. The molecule has 0 aliphatic carbocycles. The molecular weight excluding hydrogens is 218 g/mol. The molecule has 0 bridgehead atoms. The molecule has 2 rings (SSSR count). The zero-order chi connectivity index (χ0) is 9.97. The zero-order valence-electron chi connectivity index (χ0n) is 7.78. The van der Waals surface area contributed by atoms with Gasteiger partial charge >= 0.3 is 0 Å². The van der Waals surface area contributed by atoms with Crippen LogP contribution in [0.25, 0.3) is 0 Å². The Bertz CT molecular complexity index is 312. The summed E-state index contributed by atoms with van der Waals surface area (Å²) in [5.41, 5.74) is 0. The molecule has 1 aliphatic rings. The number of halogens is 1. The highest BCUT2D eigenvalue weighted by Crippen LogP contribution is 2.17. The first-order valence-electron chi connectivity index (χ1n) is 4.70. The van der Waals surface area contributed by atoms with Crippen molar-refractivity contribution < 1.29 is 4.79 Å². The Hall–Kier alpha value is -0.540. The second-order valence-electron chi connectivity index (χ2n) is 3.47. The van der Waals surface area contributed by atoms with Gasteiger partial charge in [-0.15, -0.1) is 22.9 Å². The van der Waals surface area contributed by atoms with Crippen molar-refractivity contribution in [2.45, 2.75) is 18.2 Å². The molecule has 4 heteroatoms. The molecule has 1 unspecified atom stereocenters. The van der Waals surface area contributed by atoms with Crippen LogP contribution in [0, 0.1) is 0 Å². The Morgan fingerprint density at radius 3 is 3.07 bits per heavy atom. The summed E-state index contributed by atoms with van der Waals surface area (Å²) in [7, 11) is 0. The van der Waals surface area contributed by atoms with Crippen molar-refractivity contribution in [3.8, 4) is 0 Å². The first kappa shape index (κ1) is 9.99. The number of nitrogens with zero attached hydrogens (tertiary/aromatic N) is 1. The van der Waals surface area contributed by atoms with E-state index >= 15 is 0 Å². The molecule has 1 aromatic heterocycles. The SMILES string of the molecule is O=C1CC(Cl)CN1CCc1cccs1. The number of hydrogen-bond acceptors (Lipinski definition) is 2. The summed E-state index contributed by atoms with van der Waals surface area (Å²) in [5.74, 6) is 0.196. The molecular formula is C10H12ClNOS. The van der Waals surface area contributed by atoms with Gasteiger partial charge in [0, 0.05) is 24.4 Å². The first-order valence-corrected chi connectivity index (χ1v) is 6.01. The van der Waals surface area contributed by atoms with Crippen molar-refractivity contribution >= 4 is 28.8 Å². The number of alkyl halides is 1. The highest BCUT2D eigenvalue weighted by Gasteiger charge is 2.27. The van der Waals surface area contributed by atoms with Crippen LogP contribution in [0.2, 0.25) is 0 Å². The van der Waals surface area contributed by atoms with E-state index < -0.39 is 0 Å². The molecule has 2 heterocycles. The first-order chi connectivity index (χ1) is 6.75. The topological polar surface area (TPSA) is 20.3 Å². The largest absolute Gasteiger partial charge is 0.341 e. The summed E-state index contributed by atoms with van der Waals surface area (Å²) in [5, 5.41) is 2.08. The van der Waals surface area contributed by atoms with Crippen LogP contribution in [0.4, 0.5) is 0 Å². The Labute approximate surface area is 92.5 Å². The molecule has 0 radical (unpaired) electrons. The third kappa shape index (κ3) is 2.28. The third-order valence-electron chi connectivity index (χ3n) is 2.38. The van der Waals surface area contributed by atoms with Crippen molar-refractivity contribution in [2.24, 2.45) is 0 Å². The van der Waals surface area contributed by atoms with Crippen LogP contribution >= 0.6 is 22.9 Å². The van der Waals surface area contributed by atoms with Crippen LogP contribution in [-0.4, -0.2) is 29.3 Å². The molecule has 1 fully saturated rings. The van der Waals surface area contributed by atoms with Gasteiger partial charge in [0.25, 0.3) is 0 Å². The fraction of sp³-hybridized carbons (Fsp3) is 0.500. The van der Waals surface area contributed by atoms with Gasteiger partial charge < -0.3 is 4.90 Å². The fourth-order valence-corrected chi connectivity index (χ4v) is 2.64. The van der Waals surface area contributed by atoms with Gasteiger partial charge in [0.05, 0.1) is 5.38 Å². The van der Waals surface area contributed by atoms with Crippen LogP contribution in [0.3, 0.4) is 0 Å². The molecule has 1 atom stereocenters. The molecule has 0 spiro atoms. The molecule has 1 amide bonds. The number of carbonyl (C=O) groups is 1. The molecule has 1 aromatic rings. The summed E-state index contributed by atoms with van der Waals surface area (Å²) >= 11 is 7.64. The highest BCUT2D eigenvalue weighted by atomic mass is 35.5. The zero-order valence-corrected chi connectivity index (χ0v) is 9.35. The number of carbonyl (C=O) groups excluding carboxylic acids is 1. The number of amides is 1. The van der Waals surface area contributed by atoms with Crippen molar-refractivity contribution in [2.75, 3.05) is 13.1 Å². The Morgan fingerprint density at radius 2 is 2.50 bits per heavy atom. The van der Waals surface area contributed by atoms with E-state index in [-0.39, 0.29) is 11.3 Å². The Balaban J connectivity index is 1.84.